The fourth-order valence-electron chi connectivity index (χ4n) is 3.23. The molecule has 1 aromatic heterocycles. The second-order valence-corrected chi connectivity index (χ2v) is 7.07. The minimum Gasteiger partial charge on any atom is -0.466 e. The lowest BCUT2D eigenvalue weighted by atomic mass is 9.73. The van der Waals surface area contributed by atoms with Crippen molar-refractivity contribution in [3.8, 4) is 11.8 Å². The Kier molecular flexibility index (Phi) is 6.58. The largest absolute Gasteiger partial charge is 0.466 e. The van der Waals surface area contributed by atoms with Gasteiger partial charge in [-0.2, -0.15) is 0 Å². The average Bonchev–Trinajstić information content (AvgIpc) is 2.55. The van der Waals surface area contributed by atoms with Crippen LogP contribution in [0.4, 0.5) is 0 Å². The van der Waals surface area contributed by atoms with Gasteiger partial charge in [0.15, 0.2) is 0 Å². The molecule has 1 aliphatic rings. The van der Waals surface area contributed by atoms with Crippen molar-refractivity contribution in [3.63, 3.8) is 0 Å². The van der Waals surface area contributed by atoms with E-state index in [9.17, 15) is 4.79 Å². The maximum atomic E-state index is 11.4. The highest BCUT2D eigenvalue weighted by atomic mass is 16.5. The van der Waals surface area contributed by atoms with Crippen LogP contribution < -0.4 is 0 Å². The number of ether oxygens (including phenoxy) is 1. The maximum absolute atomic E-state index is 11.4. The zero-order valence-corrected chi connectivity index (χ0v) is 15.7. The minimum absolute atomic E-state index is 0.230. The number of nitrogens with zero attached hydrogens (tertiary/aromatic N) is 1. The quantitative estimate of drug-likeness (QED) is 0.594. The van der Waals surface area contributed by atoms with Crippen molar-refractivity contribution in [2.45, 2.75) is 53.4 Å². The summed E-state index contributed by atoms with van der Waals surface area (Å²) in [7, 11) is 0. The fraction of sp³-hybridized carbons (Fsp3) is 0.455. The Hall–Kier alpha value is -2.34. The summed E-state index contributed by atoms with van der Waals surface area (Å²) < 4.78 is 4.93. The number of carbonyl (C=O) groups is 1. The summed E-state index contributed by atoms with van der Waals surface area (Å²) in [6.45, 7) is 9.01. The molecule has 0 amide bonds. The van der Waals surface area contributed by atoms with Gasteiger partial charge in [0.1, 0.15) is 5.69 Å². The predicted molar refractivity (Wildman–Crippen MR) is 101 cm³/mol. The van der Waals surface area contributed by atoms with Crippen LogP contribution in [0.25, 0.3) is 0 Å². The van der Waals surface area contributed by atoms with Crippen LogP contribution in [0.3, 0.4) is 0 Å². The monoisotopic (exact) mass is 337 g/mol. The third-order valence-electron chi connectivity index (χ3n) is 4.55. The molecule has 0 aromatic carbocycles. The van der Waals surface area contributed by atoms with Crippen LogP contribution in [0.1, 0.15) is 58.2 Å². The third-order valence-corrected chi connectivity index (χ3v) is 4.55. The van der Waals surface area contributed by atoms with E-state index in [1.165, 1.54) is 30.4 Å². The normalized spacial score (nSPS) is 16.5. The lowest BCUT2D eigenvalue weighted by molar-refractivity contribution is -0.142. The van der Waals surface area contributed by atoms with E-state index in [4.69, 9.17) is 4.74 Å². The first-order valence-electron chi connectivity index (χ1n) is 8.91. The molecule has 0 fully saturated rings. The van der Waals surface area contributed by atoms with Crippen molar-refractivity contribution in [3.05, 3.63) is 52.9 Å². The van der Waals surface area contributed by atoms with Gasteiger partial charge in [0.2, 0.25) is 0 Å². The Balaban J connectivity index is 2.00. The van der Waals surface area contributed by atoms with E-state index >= 15 is 0 Å². The summed E-state index contributed by atoms with van der Waals surface area (Å²) in [6.07, 6.45) is 9.67. The van der Waals surface area contributed by atoms with Gasteiger partial charge in [0.05, 0.1) is 13.0 Å². The average molecular weight is 337 g/mol. The number of carbonyl (C=O) groups excluding carboxylic acids is 1. The summed E-state index contributed by atoms with van der Waals surface area (Å²) in [4.78, 5) is 15.7. The van der Waals surface area contributed by atoms with E-state index in [-0.39, 0.29) is 17.8 Å². The number of allylic oxidation sites excluding steroid dienone is 4. The van der Waals surface area contributed by atoms with Gasteiger partial charge in [-0.25, -0.2) is 4.98 Å². The van der Waals surface area contributed by atoms with Gasteiger partial charge in [0.25, 0.3) is 0 Å². The van der Waals surface area contributed by atoms with Gasteiger partial charge in [0, 0.05) is 6.20 Å². The van der Waals surface area contributed by atoms with Crippen LogP contribution >= 0.6 is 0 Å². The summed E-state index contributed by atoms with van der Waals surface area (Å²) >= 11 is 0. The SMILES string of the molecule is CCOC(=O)Cc1ccc(C#C/C=C/C2=C(C)CCCC2(C)C)nc1. The number of aromatic nitrogens is 1. The molecule has 1 aliphatic carbocycles. The lowest BCUT2D eigenvalue weighted by Crippen LogP contribution is -2.18. The van der Waals surface area contributed by atoms with E-state index in [0.29, 0.717) is 12.3 Å². The molecular weight excluding hydrogens is 310 g/mol. The standard InChI is InChI=1S/C22H27NO2/c1-5-25-21(24)15-18-12-13-19(23-16-18)10-6-7-11-20-17(2)9-8-14-22(20,3)4/h7,11-13,16H,5,8-9,14-15H2,1-4H3/b11-7+. The minimum atomic E-state index is -0.232. The van der Waals surface area contributed by atoms with Crippen LogP contribution in [-0.2, 0) is 16.0 Å². The highest BCUT2D eigenvalue weighted by Crippen LogP contribution is 2.40. The smallest absolute Gasteiger partial charge is 0.310 e. The zero-order valence-electron chi connectivity index (χ0n) is 15.7. The Morgan fingerprint density at radius 1 is 1.40 bits per heavy atom. The third kappa shape index (κ3) is 5.60. The second kappa shape index (κ2) is 8.67. The highest BCUT2D eigenvalue weighted by molar-refractivity contribution is 5.72. The molecule has 2 rings (SSSR count). The Bertz CT molecular complexity index is 728. The summed E-state index contributed by atoms with van der Waals surface area (Å²) in [5.41, 5.74) is 4.64. The zero-order chi connectivity index (χ0) is 18.3. The van der Waals surface area contributed by atoms with E-state index in [1.807, 2.05) is 18.2 Å². The van der Waals surface area contributed by atoms with Crippen molar-refractivity contribution in [2.75, 3.05) is 6.61 Å². The molecule has 1 aromatic rings. The van der Waals surface area contributed by atoms with Crippen LogP contribution in [0.5, 0.6) is 0 Å². The molecule has 0 aliphatic heterocycles. The summed E-state index contributed by atoms with van der Waals surface area (Å²) in [5.74, 6) is 5.88. The second-order valence-electron chi connectivity index (χ2n) is 7.07. The lowest BCUT2D eigenvalue weighted by Gasteiger charge is -2.32. The van der Waals surface area contributed by atoms with Crippen molar-refractivity contribution >= 4 is 5.97 Å². The first kappa shape index (κ1) is 19.0. The molecule has 1 heterocycles. The van der Waals surface area contributed by atoms with Crippen LogP contribution in [-0.4, -0.2) is 17.6 Å². The van der Waals surface area contributed by atoms with Gasteiger partial charge < -0.3 is 4.74 Å². The number of esters is 1. The van der Waals surface area contributed by atoms with Crippen molar-refractivity contribution in [2.24, 2.45) is 5.41 Å². The molecule has 0 atom stereocenters. The number of hydrogen-bond acceptors (Lipinski definition) is 3. The molecule has 132 valence electrons. The van der Waals surface area contributed by atoms with E-state index < -0.39 is 0 Å². The van der Waals surface area contributed by atoms with Gasteiger partial charge in [-0.3, -0.25) is 4.79 Å². The molecular formula is C22H27NO2. The molecule has 0 N–H and O–H groups in total. The van der Waals surface area contributed by atoms with Crippen LogP contribution in [0.15, 0.2) is 41.6 Å². The molecule has 0 saturated carbocycles. The Labute approximate surface area is 151 Å². The van der Waals surface area contributed by atoms with Crippen LogP contribution in [0, 0.1) is 17.3 Å². The molecule has 0 radical (unpaired) electrons. The fourth-order valence-corrected chi connectivity index (χ4v) is 3.23. The number of rotatable bonds is 4. The van der Waals surface area contributed by atoms with Gasteiger partial charge in [-0.1, -0.05) is 37.5 Å². The molecule has 0 unspecified atom stereocenters. The Morgan fingerprint density at radius 2 is 2.20 bits per heavy atom. The highest BCUT2D eigenvalue weighted by Gasteiger charge is 2.26. The predicted octanol–water partition coefficient (Wildman–Crippen LogP) is 4.62. The summed E-state index contributed by atoms with van der Waals surface area (Å²) in [5, 5.41) is 0. The first-order chi connectivity index (χ1) is 11.9. The van der Waals surface area contributed by atoms with Gasteiger partial charge >= 0.3 is 5.97 Å². The van der Waals surface area contributed by atoms with Crippen molar-refractivity contribution < 1.29 is 9.53 Å². The first-order valence-corrected chi connectivity index (χ1v) is 8.91. The van der Waals surface area contributed by atoms with Crippen molar-refractivity contribution in [1.82, 2.24) is 4.98 Å². The van der Waals surface area contributed by atoms with E-state index in [2.05, 4.69) is 43.7 Å². The van der Waals surface area contributed by atoms with Gasteiger partial charge in [-0.15, -0.1) is 0 Å². The van der Waals surface area contributed by atoms with E-state index in [0.717, 1.165) is 5.56 Å². The van der Waals surface area contributed by atoms with Crippen molar-refractivity contribution in [1.29, 1.82) is 0 Å². The molecule has 0 spiro atoms. The summed E-state index contributed by atoms with van der Waals surface area (Å²) in [6, 6.07) is 3.71. The number of pyridine rings is 1. The number of hydrogen-bond donors (Lipinski definition) is 0. The van der Waals surface area contributed by atoms with Crippen LogP contribution in [0.2, 0.25) is 0 Å². The molecule has 25 heavy (non-hydrogen) atoms. The molecule has 3 heteroatoms. The molecule has 0 saturated heterocycles. The van der Waals surface area contributed by atoms with Gasteiger partial charge in [-0.05, 0) is 67.7 Å². The topological polar surface area (TPSA) is 39.2 Å². The molecule has 0 bridgehead atoms. The van der Waals surface area contributed by atoms with E-state index in [1.54, 1.807) is 13.1 Å². The maximum Gasteiger partial charge on any atom is 0.310 e. The molecule has 3 nitrogen and oxygen atoms in total. The Morgan fingerprint density at radius 3 is 2.84 bits per heavy atom.